The Morgan fingerprint density at radius 3 is 2.61 bits per heavy atom. The molecule has 0 aliphatic rings. The fourth-order valence-corrected chi connectivity index (χ4v) is 1.80. The van der Waals surface area contributed by atoms with Crippen LogP contribution in [0.4, 0.5) is 0 Å². The summed E-state index contributed by atoms with van der Waals surface area (Å²) in [5.74, 6) is -0.775. The molecule has 0 bridgehead atoms. The zero-order valence-corrected chi connectivity index (χ0v) is 13.6. The van der Waals surface area contributed by atoms with E-state index >= 15 is 0 Å². The zero-order chi connectivity index (χ0) is 17.3. The van der Waals surface area contributed by atoms with Crippen molar-refractivity contribution in [1.29, 1.82) is 0 Å². The van der Waals surface area contributed by atoms with E-state index in [-0.39, 0.29) is 25.5 Å². The third-order valence-electron chi connectivity index (χ3n) is 3.48. The van der Waals surface area contributed by atoms with Crippen molar-refractivity contribution in [2.75, 3.05) is 19.7 Å². The van der Waals surface area contributed by atoms with Gasteiger partial charge in [0.2, 0.25) is 11.8 Å². The molecule has 0 saturated heterocycles. The van der Waals surface area contributed by atoms with E-state index in [1.807, 2.05) is 18.2 Å². The van der Waals surface area contributed by atoms with E-state index in [4.69, 9.17) is 5.11 Å². The molecule has 7 heteroatoms. The molecule has 0 saturated carbocycles. The van der Waals surface area contributed by atoms with Gasteiger partial charge < -0.3 is 20.8 Å². The first-order valence-corrected chi connectivity index (χ1v) is 7.60. The lowest BCUT2D eigenvalue weighted by Gasteiger charge is -2.27. The Morgan fingerprint density at radius 2 is 2.00 bits per heavy atom. The van der Waals surface area contributed by atoms with E-state index < -0.39 is 17.4 Å². The average molecular weight is 323 g/mol. The molecule has 0 aromatic carbocycles. The Kier molecular flexibility index (Phi) is 7.64. The standard InChI is InChI=1S/C16H25N3O4/c1-16(2,11-20)14(22)15(23)19-10-7-13(21)18-9-6-12-5-3-4-8-17-12/h3-5,8,14,20,22H,6-7,9-11H2,1-2H3,(H,18,21)(H,19,23)/t14-/m0/s1. The van der Waals surface area contributed by atoms with Crippen LogP contribution in [0.1, 0.15) is 26.0 Å². The predicted molar refractivity (Wildman–Crippen MR) is 85.5 cm³/mol. The molecule has 1 rings (SSSR count). The van der Waals surface area contributed by atoms with E-state index in [1.54, 1.807) is 20.0 Å². The summed E-state index contributed by atoms with van der Waals surface area (Å²) >= 11 is 0. The van der Waals surface area contributed by atoms with Crippen molar-refractivity contribution in [3.05, 3.63) is 30.1 Å². The highest BCUT2D eigenvalue weighted by molar-refractivity contribution is 5.82. The van der Waals surface area contributed by atoms with Gasteiger partial charge in [-0.2, -0.15) is 0 Å². The Bertz CT molecular complexity index is 505. The Hall–Kier alpha value is -1.99. The third kappa shape index (κ3) is 6.75. The van der Waals surface area contributed by atoms with Gasteiger partial charge in [0.05, 0.1) is 6.61 Å². The Balaban J connectivity index is 2.20. The van der Waals surface area contributed by atoms with E-state index in [2.05, 4.69) is 15.6 Å². The number of carbonyl (C=O) groups is 2. The summed E-state index contributed by atoms with van der Waals surface area (Å²) < 4.78 is 0. The van der Waals surface area contributed by atoms with Gasteiger partial charge in [-0.1, -0.05) is 19.9 Å². The second kappa shape index (κ2) is 9.22. The van der Waals surface area contributed by atoms with Gasteiger partial charge in [0.1, 0.15) is 6.10 Å². The van der Waals surface area contributed by atoms with Crippen molar-refractivity contribution in [3.63, 3.8) is 0 Å². The molecule has 0 aliphatic heterocycles. The monoisotopic (exact) mass is 323 g/mol. The van der Waals surface area contributed by atoms with E-state index in [1.165, 1.54) is 0 Å². The van der Waals surface area contributed by atoms with Gasteiger partial charge in [0, 0.05) is 43.2 Å². The molecule has 0 radical (unpaired) electrons. The summed E-state index contributed by atoms with van der Waals surface area (Å²) in [6.45, 7) is 3.47. The number of pyridine rings is 1. The number of nitrogens with zero attached hydrogens (tertiary/aromatic N) is 1. The lowest BCUT2D eigenvalue weighted by molar-refractivity contribution is -0.137. The minimum Gasteiger partial charge on any atom is -0.396 e. The number of aliphatic hydroxyl groups excluding tert-OH is 2. The number of rotatable bonds is 9. The minimum absolute atomic E-state index is 0.125. The number of aromatic nitrogens is 1. The molecule has 2 amide bonds. The zero-order valence-electron chi connectivity index (χ0n) is 13.6. The van der Waals surface area contributed by atoms with Crippen molar-refractivity contribution < 1.29 is 19.8 Å². The van der Waals surface area contributed by atoms with Crippen LogP contribution in [-0.4, -0.2) is 52.8 Å². The quantitative estimate of drug-likeness (QED) is 0.495. The Morgan fingerprint density at radius 1 is 1.26 bits per heavy atom. The van der Waals surface area contributed by atoms with Gasteiger partial charge in [-0.15, -0.1) is 0 Å². The van der Waals surface area contributed by atoms with E-state index in [0.717, 1.165) is 5.69 Å². The smallest absolute Gasteiger partial charge is 0.249 e. The minimum atomic E-state index is -1.32. The first kappa shape index (κ1) is 19.1. The predicted octanol–water partition coefficient (Wildman–Crippen LogP) is -0.374. The lowest BCUT2D eigenvalue weighted by atomic mass is 9.87. The molecule has 0 spiro atoms. The molecule has 1 heterocycles. The Labute approximate surface area is 136 Å². The molecule has 4 N–H and O–H groups in total. The maximum absolute atomic E-state index is 11.7. The number of aliphatic hydroxyl groups is 2. The van der Waals surface area contributed by atoms with Crippen LogP contribution in [0.15, 0.2) is 24.4 Å². The van der Waals surface area contributed by atoms with Crippen LogP contribution in [0, 0.1) is 5.41 Å². The molecule has 23 heavy (non-hydrogen) atoms. The van der Waals surface area contributed by atoms with Crippen LogP contribution in [0.3, 0.4) is 0 Å². The summed E-state index contributed by atoms with van der Waals surface area (Å²) in [5.41, 5.74) is -0.0230. The van der Waals surface area contributed by atoms with Gasteiger partial charge >= 0.3 is 0 Å². The normalized spacial score (nSPS) is 12.5. The fraction of sp³-hybridized carbons (Fsp3) is 0.562. The summed E-state index contributed by atoms with van der Waals surface area (Å²) in [6, 6.07) is 5.60. The van der Waals surface area contributed by atoms with Gasteiger partial charge in [0.15, 0.2) is 0 Å². The largest absolute Gasteiger partial charge is 0.396 e. The highest BCUT2D eigenvalue weighted by Gasteiger charge is 2.32. The second-order valence-corrected chi connectivity index (χ2v) is 6.01. The molecular formula is C16H25N3O4. The molecular weight excluding hydrogens is 298 g/mol. The molecule has 1 aromatic rings. The number of carbonyl (C=O) groups excluding carboxylic acids is 2. The highest BCUT2D eigenvalue weighted by atomic mass is 16.3. The molecule has 0 aliphatic carbocycles. The van der Waals surface area contributed by atoms with Crippen molar-refractivity contribution >= 4 is 11.8 Å². The maximum Gasteiger partial charge on any atom is 0.249 e. The molecule has 0 unspecified atom stereocenters. The van der Waals surface area contributed by atoms with E-state index in [9.17, 15) is 14.7 Å². The number of hydrogen-bond donors (Lipinski definition) is 4. The summed E-state index contributed by atoms with van der Waals surface area (Å²) in [4.78, 5) is 27.5. The molecule has 7 nitrogen and oxygen atoms in total. The maximum atomic E-state index is 11.7. The average Bonchev–Trinajstić information content (AvgIpc) is 2.55. The third-order valence-corrected chi connectivity index (χ3v) is 3.48. The van der Waals surface area contributed by atoms with Gasteiger partial charge in [-0.3, -0.25) is 14.6 Å². The number of amides is 2. The van der Waals surface area contributed by atoms with Gasteiger partial charge in [-0.05, 0) is 12.1 Å². The fourth-order valence-electron chi connectivity index (χ4n) is 1.80. The number of hydrogen-bond acceptors (Lipinski definition) is 5. The van der Waals surface area contributed by atoms with E-state index in [0.29, 0.717) is 13.0 Å². The van der Waals surface area contributed by atoms with Crippen LogP contribution in [0.25, 0.3) is 0 Å². The number of nitrogens with one attached hydrogen (secondary N) is 2. The topological polar surface area (TPSA) is 112 Å². The van der Waals surface area contributed by atoms with Crippen molar-refractivity contribution in [2.45, 2.75) is 32.8 Å². The van der Waals surface area contributed by atoms with Crippen molar-refractivity contribution in [1.82, 2.24) is 15.6 Å². The van der Waals surface area contributed by atoms with Crippen LogP contribution in [-0.2, 0) is 16.0 Å². The summed E-state index contributed by atoms with van der Waals surface area (Å²) in [5, 5.41) is 24.1. The first-order chi connectivity index (χ1) is 10.9. The summed E-state index contributed by atoms with van der Waals surface area (Å²) in [7, 11) is 0. The lowest BCUT2D eigenvalue weighted by Crippen LogP contribution is -2.46. The molecule has 1 aromatic heterocycles. The van der Waals surface area contributed by atoms with Crippen LogP contribution in [0.5, 0.6) is 0 Å². The SMILES string of the molecule is CC(C)(CO)[C@@H](O)C(=O)NCCC(=O)NCCc1ccccn1. The van der Waals surface area contributed by atoms with Gasteiger partial charge in [-0.25, -0.2) is 0 Å². The van der Waals surface area contributed by atoms with Crippen molar-refractivity contribution in [3.8, 4) is 0 Å². The molecule has 1 atom stereocenters. The highest BCUT2D eigenvalue weighted by Crippen LogP contribution is 2.19. The molecule has 128 valence electrons. The second-order valence-electron chi connectivity index (χ2n) is 6.01. The first-order valence-electron chi connectivity index (χ1n) is 7.60. The summed E-state index contributed by atoms with van der Waals surface area (Å²) in [6.07, 6.45) is 1.15. The van der Waals surface area contributed by atoms with Crippen molar-refractivity contribution in [2.24, 2.45) is 5.41 Å². The van der Waals surface area contributed by atoms with Crippen LogP contribution in [0.2, 0.25) is 0 Å². The van der Waals surface area contributed by atoms with Gasteiger partial charge in [0.25, 0.3) is 0 Å². The van der Waals surface area contributed by atoms with Crippen LogP contribution >= 0.6 is 0 Å². The van der Waals surface area contributed by atoms with Crippen LogP contribution < -0.4 is 10.6 Å². The molecule has 0 fully saturated rings.